The number of benzene rings is 2. The smallest absolute Gasteiger partial charge is 0.255 e. The van der Waals surface area contributed by atoms with Crippen molar-refractivity contribution in [2.24, 2.45) is 0 Å². The van der Waals surface area contributed by atoms with Crippen LogP contribution in [-0.4, -0.2) is 5.91 Å². The largest absolute Gasteiger partial charge is 0.322 e. The number of amides is 1. The average molecular weight is 332 g/mol. The lowest BCUT2D eigenvalue weighted by molar-refractivity contribution is 0.102. The monoisotopic (exact) mass is 331 g/mol. The van der Waals surface area contributed by atoms with Crippen LogP contribution in [0, 0.1) is 0 Å². The van der Waals surface area contributed by atoms with Crippen LogP contribution in [0.3, 0.4) is 0 Å². The van der Waals surface area contributed by atoms with E-state index in [-0.39, 0.29) is 5.91 Å². The van der Waals surface area contributed by atoms with Crippen molar-refractivity contribution in [3.05, 3.63) is 63.9 Å². The number of anilines is 1. The van der Waals surface area contributed by atoms with Crippen LogP contribution in [-0.2, 0) is 0 Å². The third-order valence-electron chi connectivity index (χ3n) is 2.82. The minimum atomic E-state index is -0.0953. The predicted molar refractivity (Wildman–Crippen MR) is 83.9 cm³/mol. The molecule has 0 atom stereocenters. The molecule has 0 spiro atoms. The molecule has 1 aromatic heterocycles. The zero-order chi connectivity index (χ0) is 13.2. The van der Waals surface area contributed by atoms with Crippen LogP contribution >= 0.6 is 27.3 Å². The molecule has 3 aromatic rings. The molecule has 4 heteroatoms. The summed E-state index contributed by atoms with van der Waals surface area (Å²) in [6, 6.07) is 15.3. The number of nitrogens with one attached hydrogen (secondary N) is 1. The Bertz CT molecular complexity index is 733. The van der Waals surface area contributed by atoms with Crippen LogP contribution in [0.1, 0.15) is 10.4 Å². The van der Waals surface area contributed by atoms with Crippen molar-refractivity contribution in [2.45, 2.75) is 0 Å². The Morgan fingerprint density at radius 2 is 1.84 bits per heavy atom. The molecule has 0 aliphatic rings. The van der Waals surface area contributed by atoms with E-state index >= 15 is 0 Å². The van der Waals surface area contributed by atoms with Crippen molar-refractivity contribution >= 4 is 48.9 Å². The highest BCUT2D eigenvalue weighted by atomic mass is 79.9. The van der Waals surface area contributed by atoms with E-state index in [1.807, 2.05) is 35.7 Å². The van der Waals surface area contributed by atoms with Crippen LogP contribution in [0.5, 0.6) is 0 Å². The number of carbonyl (C=O) groups excluding carboxylic acids is 1. The molecule has 2 aromatic carbocycles. The zero-order valence-electron chi connectivity index (χ0n) is 9.89. The zero-order valence-corrected chi connectivity index (χ0v) is 12.3. The number of fused-ring (bicyclic) bond motifs is 1. The number of rotatable bonds is 2. The first kappa shape index (κ1) is 12.4. The summed E-state index contributed by atoms with van der Waals surface area (Å²) >= 11 is 5.05. The lowest BCUT2D eigenvalue weighted by Crippen LogP contribution is -2.11. The number of hydrogen-bond donors (Lipinski definition) is 1. The van der Waals surface area contributed by atoms with Crippen molar-refractivity contribution in [1.82, 2.24) is 0 Å². The molecule has 0 saturated carbocycles. The van der Waals surface area contributed by atoms with Gasteiger partial charge in [0.2, 0.25) is 0 Å². The molecule has 0 unspecified atom stereocenters. The average Bonchev–Trinajstić information content (AvgIpc) is 2.87. The Hall–Kier alpha value is -1.65. The second-order valence-corrected chi connectivity index (χ2v) is 6.00. The summed E-state index contributed by atoms with van der Waals surface area (Å²) in [6.45, 7) is 0. The van der Waals surface area contributed by atoms with Gasteiger partial charge in [0, 0.05) is 20.4 Å². The van der Waals surface area contributed by atoms with Gasteiger partial charge in [-0.2, -0.15) is 0 Å². The lowest BCUT2D eigenvalue weighted by atomic mass is 10.2. The summed E-state index contributed by atoms with van der Waals surface area (Å²) in [5.41, 5.74) is 1.47. The van der Waals surface area contributed by atoms with E-state index in [0.29, 0.717) is 5.56 Å². The Balaban J connectivity index is 1.83. The van der Waals surface area contributed by atoms with Gasteiger partial charge in [-0.25, -0.2) is 0 Å². The van der Waals surface area contributed by atoms with Crippen molar-refractivity contribution < 1.29 is 4.79 Å². The Kier molecular flexibility index (Phi) is 3.36. The maximum absolute atomic E-state index is 12.1. The molecule has 0 fully saturated rings. The molecular formula is C15H10BrNOS. The normalized spacial score (nSPS) is 10.6. The van der Waals surface area contributed by atoms with Crippen molar-refractivity contribution in [1.29, 1.82) is 0 Å². The van der Waals surface area contributed by atoms with Gasteiger partial charge in [0.15, 0.2) is 0 Å². The van der Waals surface area contributed by atoms with Gasteiger partial charge in [-0.3, -0.25) is 4.79 Å². The minimum absolute atomic E-state index is 0.0953. The predicted octanol–water partition coefficient (Wildman–Crippen LogP) is 4.92. The van der Waals surface area contributed by atoms with E-state index in [1.165, 1.54) is 4.70 Å². The molecule has 1 N–H and O–H groups in total. The Labute approximate surface area is 123 Å². The Morgan fingerprint density at radius 3 is 2.63 bits per heavy atom. The third-order valence-corrected chi connectivity index (χ3v) is 4.24. The van der Waals surface area contributed by atoms with E-state index < -0.39 is 0 Å². The molecule has 0 aliphatic carbocycles. The second kappa shape index (κ2) is 5.15. The molecule has 0 saturated heterocycles. The third kappa shape index (κ3) is 2.69. The lowest BCUT2D eigenvalue weighted by Gasteiger charge is -2.05. The fourth-order valence-corrected chi connectivity index (χ4v) is 2.88. The first-order chi connectivity index (χ1) is 9.22. The molecule has 0 bridgehead atoms. The van der Waals surface area contributed by atoms with Crippen molar-refractivity contribution in [3.63, 3.8) is 0 Å². The summed E-state index contributed by atoms with van der Waals surface area (Å²) in [5, 5.41) is 6.11. The molecule has 2 nitrogen and oxygen atoms in total. The number of carbonyl (C=O) groups is 1. The summed E-state index contributed by atoms with van der Waals surface area (Å²) in [7, 11) is 0. The standard InChI is InChI=1S/C15H10BrNOS/c16-12-3-1-10(2-4-12)15(18)17-13-5-6-14-11(9-13)7-8-19-14/h1-9H,(H,17,18). The Morgan fingerprint density at radius 1 is 1.05 bits per heavy atom. The van der Waals surface area contributed by atoms with Gasteiger partial charge in [-0.1, -0.05) is 15.9 Å². The molecular weight excluding hydrogens is 322 g/mol. The highest BCUT2D eigenvalue weighted by Gasteiger charge is 2.06. The second-order valence-electron chi connectivity index (χ2n) is 4.13. The fraction of sp³-hybridized carbons (Fsp3) is 0. The minimum Gasteiger partial charge on any atom is -0.322 e. The van der Waals surface area contributed by atoms with Crippen molar-refractivity contribution in [2.75, 3.05) is 5.32 Å². The summed E-state index contributed by atoms with van der Waals surface area (Å²) in [5.74, 6) is -0.0953. The van der Waals surface area contributed by atoms with Crippen molar-refractivity contribution in [3.8, 4) is 0 Å². The molecule has 1 heterocycles. The van der Waals surface area contributed by atoms with Gasteiger partial charge in [0.05, 0.1) is 0 Å². The van der Waals surface area contributed by atoms with Gasteiger partial charge < -0.3 is 5.32 Å². The van der Waals surface area contributed by atoms with Gasteiger partial charge >= 0.3 is 0 Å². The molecule has 1 amide bonds. The van der Waals surface area contributed by atoms with E-state index in [1.54, 1.807) is 23.5 Å². The molecule has 0 radical (unpaired) electrons. The van der Waals surface area contributed by atoms with Crippen LogP contribution < -0.4 is 5.32 Å². The van der Waals surface area contributed by atoms with Gasteiger partial charge in [-0.05, 0) is 59.3 Å². The number of hydrogen-bond acceptors (Lipinski definition) is 2. The quantitative estimate of drug-likeness (QED) is 0.709. The van der Waals surface area contributed by atoms with Crippen LogP contribution in [0.4, 0.5) is 5.69 Å². The summed E-state index contributed by atoms with van der Waals surface area (Å²) in [6.07, 6.45) is 0. The highest BCUT2D eigenvalue weighted by molar-refractivity contribution is 9.10. The first-order valence-electron chi connectivity index (χ1n) is 5.76. The van der Waals surface area contributed by atoms with E-state index in [4.69, 9.17) is 0 Å². The fourth-order valence-electron chi connectivity index (χ4n) is 1.85. The van der Waals surface area contributed by atoms with Crippen LogP contribution in [0.15, 0.2) is 58.4 Å². The topological polar surface area (TPSA) is 29.1 Å². The SMILES string of the molecule is O=C(Nc1ccc2sccc2c1)c1ccc(Br)cc1. The molecule has 3 rings (SSSR count). The van der Waals surface area contributed by atoms with Gasteiger partial charge in [-0.15, -0.1) is 11.3 Å². The highest BCUT2D eigenvalue weighted by Crippen LogP contribution is 2.24. The van der Waals surface area contributed by atoms with Gasteiger partial charge in [0.25, 0.3) is 5.91 Å². The number of halogens is 1. The van der Waals surface area contributed by atoms with E-state index in [2.05, 4.69) is 27.3 Å². The maximum atomic E-state index is 12.1. The maximum Gasteiger partial charge on any atom is 0.255 e. The summed E-state index contributed by atoms with van der Waals surface area (Å²) in [4.78, 5) is 12.1. The summed E-state index contributed by atoms with van der Waals surface area (Å²) < 4.78 is 2.19. The van der Waals surface area contributed by atoms with E-state index in [9.17, 15) is 4.79 Å². The first-order valence-corrected chi connectivity index (χ1v) is 7.44. The number of thiophene rings is 1. The van der Waals surface area contributed by atoms with Crippen LogP contribution in [0.2, 0.25) is 0 Å². The molecule has 19 heavy (non-hydrogen) atoms. The molecule has 94 valence electrons. The molecule has 0 aliphatic heterocycles. The van der Waals surface area contributed by atoms with E-state index in [0.717, 1.165) is 15.5 Å². The van der Waals surface area contributed by atoms with Gasteiger partial charge in [0.1, 0.15) is 0 Å². The van der Waals surface area contributed by atoms with Crippen LogP contribution in [0.25, 0.3) is 10.1 Å².